The Hall–Kier alpha value is -2.82. The fraction of sp³-hybridized carbons (Fsp3) is 0.533. The van der Waals surface area contributed by atoms with Crippen LogP contribution >= 0.6 is 0 Å². The lowest BCUT2D eigenvalue weighted by Crippen LogP contribution is -2.37. The number of carbonyl (C=O) groups is 2. The minimum atomic E-state index is -0.438. The third-order valence-corrected chi connectivity index (χ3v) is 7.89. The fourth-order valence-corrected chi connectivity index (χ4v) is 5.71. The summed E-state index contributed by atoms with van der Waals surface area (Å²) >= 11 is 0. The number of benzene rings is 2. The van der Waals surface area contributed by atoms with Crippen molar-refractivity contribution in [2.45, 2.75) is 77.0 Å². The monoisotopic (exact) mass is 476 g/mol. The van der Waals surface area contributed by atoms with E-state index in [4.69, 9.17) is 4.74 Å². The van der Waals surface area contributed by atoms with Gasteiger partial charge in [-0.1, -0.05) is 62.2 Å². The molecule has 1 heterocycles. The van der Waals surface area contributed by atoms with Gasteiger partial charge in [0.05, 0.1) is 12.0 Å². The highest BCUT2D eigenvalue weighted by molar-refractivity contribution is 5.85. The maximum Gasteiger partial charge on any atom is 0.411 e. The van der Waals surface area contributed by atoms with E-state index in [1.165, 1.54) is 30.4 Å². The summed E-state index contributed by atoms with van der Waals surface area (Å²) in [5.74, 6) is 0.889. The summed E-state index contributed by atoms with van der Waals surface area (Å²) in [6.45, 7) is 4.00. The molecule has 1 aliphatic carbocycles. The van der Waals surface area contributed by atoms with E-state index in [9.17, 15) is 9.59 Å². The molecule has 35 heavy (non-hydrogen) atoms. The van der Waals surface area contributed by atoms with Gasteiger partial charge < -0.3 is 9.64 Å². The Morgan fingerprint density at radius 3 is 2.46 bits per heavy atom. The zero-order chi connectivity index (χ0) is 24.5. The van der Waals surface area contributed by atoms with E-state index in [1.54, 1.807) is 0 Å². The van der Waals surface area contributed by atoms with Crippen molar-refractivity contribution in [3.8, 4) is 0 Å². The lowest BCUT2D eigenvalue weighted by Gasteiger charge is -2.36. The minimum absolute atomic E-state index is 0.161. The van der Waals surface area contributed by atoms with Crippen LogP contribution in [0.25, 0.3) is 0 Å². The standard InChI is InChI=1S/C30H40N2O3/c1-2-3-5-9-24-12-14-27(15-13-24)31-29(34)35-23-8-21-32-22-20-30(28(32)33)18-16-26(17-19-30)25-10-6-4-7-11-25/h4,6-7,10-15,26H,2-3,5,8-9,16-23H2,1H3,(H,31,34). The normalized spacial score (nSPS) is 21.9. The Kier molecular flexibility index (Phi) is 8.84. The number of aryl methyl sites for hydroxylation is 1. The molecule has 0 radical (unpaired) electrons. The molecule has 0 aromatic heterocycles. The van der Waals surface area contributed by atoms with Crippen LogP contribution in [0.3, 0.4) is 0 Å². The number of carbonyl (C=O) groups excluding carboxylic acids is 2. The average molecular weight is 477 g/mol. The van der Waals surface area contributed by atoms with Gasteiger partial charge in [0.25, 0.3) is 0 Å². The first-order valence-corrected chi connectivity index (χ1v) is 13.5. The molecule has 2 aromatic rings. The lowest BCUT2D eigenvalue weighted by atomic mass is 9.68. The van der Waals surface area contributed by atoms with Crippen molar-refractivity contribution in [1.29, 1.82) is 0 Å². The van der Waals surface area contributed by atoms with Crippen molar-refractivity contribution in [3.63, 3.8) is 0 Å². The van der Waals surface area contributed by atoms with E-state index in [0.717, 1.165) is 50.8 Å². The average Bonchev–Trinajstić information content (AvgIpc) is 3.18. The molecule has 2 fully saturated rings. The zero-order valence-electron chi connectivity index (χ0n) is 21.1. The molecule has 1 spiro atoms. The van der Waals surface area contributed by atoms with Crippen LogP contribution in [0, 0.1) is 5.41 Å². The molecule has 2 amide bonds. The van der Waals surface area contributed by atoms with Gasteiger partial charge in [0.1, 0.15) is 0 Å². The Balaban J connectivity index is 1.14. The van der Waals surface area contributed by atoms with Gasteiger partial charge in [-0.3, -0.25) is 10.1 Å². The van der Waals surface area contributed by atoms with Crippen LogP contribution in [0.1, 0.15) is 81.8 Å². The van der Waals surface area contributed by atoms with E-state index < -0.39 is 6.09 Å². The van der Waals surface area contributed by atoms with Gasteiger partial charge in [0.2, 0.25) is 5.91 Å². The van der Waals surface area contributed by atoms with E-state index in [2.05, 4.69) is 54.7 Å². The molecule has 2 aromatic carbocycles. The molecular formula is C30H40N2O3. The zero-order valence-corrected chi connectivity index (χ0v) is 21.1. The third kappa shape index (κ3) is 6.65. The molecule has 1 saturated heterocycles. The number of unbranched alkanes of at least 4 members (excludes halogenated alkanes) is 2. The van der Waals surface area contributed by atoms with Crippen molar-refractivity contribution >= 4 is 17.7 Å². The van der Waals surface area contributed by atoms with Gasteiger partial charge in [-0.25, -0.2) is 4.79 Å². The molecule has 1 aliphatic heterocycles. The Labute approximate surface area is 210 Å². The van der Waals surface area contributed by atoms with Gasteiger partial charge >= 0.3 is 6.09 Å². The van der Waals surface area contributed by atoms with Gasteiger partial charge in [0, 0.05) is 18.8 Å². The van der Waals surface area contributed by atoms with Crippen molar-refractivity contribution < 1.29 is 14.3 Å². The Bertz CT molecular complexity index is 949. The number of hydrogen-bond acceptors (Lipinski definition) is 3. The number of nitrogens with one attached hydrogen (secondary N) is 1. The van der Waals surface area contributed by atoms with Gasteiger partial charge in [-0.2, -0.15) is 0 Å². The fourth-order valence-electron chi connectivity index (χ4n) is 5.71. The first-order valence-electron chi connectivity index (χ1n) is 13.5. The number of likely N-dealkylation sites (tertiary alicyclic amines) is 1. The maximum atomic E-state index is 13.2. The second kappa shape index (κ2) is 12.2. The van der Waals surface area contributed by atoms with Crippen LogP contribution < -0.4 is 5.32 Å². The van der Waals surface area contributed by atoms with Crippen molar-refractivity contribution in [3.05, 3.63) is 65.7 Å². The SMILES string of the molecule is CCCCCc1ccc(NC(=O)OCCCN2CCC3(CCC(c4ccccc4)CC3)C2=O)cc1. The molecule has 4 rings (SSSR count). The predicted octanol–water partition coefficient (Wildman–Crippen LogP) is 6.93. The molecule has 188 valence electrons. The van der Waals surface area contributed by atoms with Crippen LogP contribution in [0.15, 0.2) is 54.6 Å². The van der Waals surface area contributed by atoms with E-state index in [1.807, 2.05) is 17.0 Å². The van der Waals surface area contributed by atoms with E-state index >= 15 is 0 Å². The summed E-state index contributed by atoms with van der Waals surface area (Å²) in [5.41, 5.74) is 3.28. The summed E-state index contributed by atoms with van der Waals surface area (Å²) in [6.07, 6.45) is 10.1. The second-order valence-corrected chi connectivity index (χ2v) is 10.3. The van der Waals surface area contributed by atoms with Crippen LogP contribution in [0.2, 0.25) is 0 Å². The van der Waals surface area contributed by atoms with Crippen LogP contribution in [-0.4, -0.2) is 36.6 Å². The molecule has 0 unspecified atom stereocenters. The number of anilines is 1. The molecule has 5 nitrogen and oxygen atoms in total. The van der Waals surface area contributed by atoms with Gasteiger partial charge in [-0.15, -0.1) is 0 Å². The van der Waals surface area contributed by atoms with Crippen molar-refractivity contribution in [2.75, 3.05) is 25.0 Å². The summed E-state index contributed by atoms with van der Waals surface area (Å²) in [6, 6.07) is 18.7. The Morgan fingerprint density at radius 1 is 1.00 bits per heavy atom. The molecule has 0 bridgehead atoms. The number of amides is 2. The van der Waals surface area contributed by atoms with Crippen LogP contribution in [0.4, 0.5) is 10.5 Å². The first-order chi connectivity index (χ1) is 17.1. The highest BCUT2D eigenvalue weighted by Crippen LogP contribution is 2.48. The smallest absolute Gasteiger partial charge is 0.411 e. The summed E-state index contributed by atoms with van der Waals surface area (Å²) in [4.78, 5) is 27.3. The summed E-state index contributed by atoms with van der Waals surface area (Å²) in [5, 5.41) is 2.80. The molecular weight excluding hydrogens is 436 g/mol. The summed E-state index contributed by atoms with van der Waals surface area (Å²) in [7, 11) is 0. The quantitative estimate of drug-likeness (QED) is 0.378. The highest BCUT2D eigenvalue weighted by atomic mass is 16.5. The summed E-state index contributed by atoms with van der Waals surface area (Å²) < 4.78 is 5.36. The highest BCUT2D eigenvalue weighted by Gasteiger charge is 2.48. The molecule has 5 heteroatoms. The van der Waals surface area contributed by atoms with Crippen molar-refractivity contribution in [1.82, 2.24) is 4.90 Å². The second-order valence-electron chi connectivity index (χ2n) is 10.3. The largest absolute Gasteiger partial charge is 0.449 e. The number of nitrogens with zero attached hydrogens (tertiary/aromatic N) is 1. The first kappa shape index (κ1) is 25.3. The number of ether oxygens (including phenoxy) is 1. The predicted molar refractivity (Wildman–Crippen MR) is 141 cm³/mol. The number of hydrogen-bond donors (Lipinski definition) is 1. The van der Waals surface area contributed by atoms with Crippen LogP contribution in [0.5, 0.6) is 0 Å². The molecule has 1 saturated carbocycles. The number of rotatable bonds is 10. The third-order valence-electron chi connectivity index (χ3n) is 7.89. The topological polar surface area (TPSA) is 58.6 Å². The molecule has 1 N–H and O–H groups in total. The van der Waals surface area contributed by atoms with E-state index in [-0.39, 0.29) is 5.41 Å². The Morgan fingerprint density at radius 2 is 1.74 bits per heavy atom. The lowest BCUT2D eigenvalue weighted by molar-refractivity contribution is -0.137. The molecule has 2 aliphatic rings. The van der Waals surface area contributed by atoms with Gasteiger partial charge in [-0.05, 0) is 80.5 Å². The van der Waals surface area contributed by atoms with Crippen LogP contribution in [-0.2, 0) is 16.0 Å². The van der Waals surface area contributed by atoms with E-state index in [0.29, 0.717) is 31.4 Å². The molecule has 0 atom stereocenters. The van der Waals surface area contributed by atoms with Crippen molar-refractivity contribution in [2.24, 2.45) is 5.41 Å². The van der Waals surface area contributed by atoms with Gasteiger partial charge in [0.15, 0.2) is 0 Å². The maximum absolute atomic E-state index is 13.2. The minimum Gasteiger partial charge on any atom is -0.449 e.